The van der Waals surface area contributed by atoms with E-state index < -0.39 is 0 Å². The molecule has 1 aliphatic carbocycles. The molecule has 0 unspecified atom stereocenters. The van der Waals surface area contributed by atoms with Crippen molar-refractivity contribution < 1.29 is 5.11 Å². The average Bonchev–Trinajstić information content (AvgIpc) is 2.64. The summed E-state index contributed by atoms with van der Waals surface area (Å²) in [6, 6.07) is 12.7. The number of rotatable bonds is 1. The molecule has 0 saturated carbocycles. The molecule has 1 heterocycles. The number of allylic oxidation sites excluding steroid dienone is 2. The number of aromatic hydroxyl groups is 1. The smallest absolute Gasteiger partial charge is 0.123 e. The van der Waals surface area contributed by atoms with E-state index in [9.17, 15) is 5.11 Å². The summed E-state index contributed by atoms with van der Waals surface area (Å²) in [6.07, 6.45) is 5.55. The topological polar surface area (TPSA) is 35.8 Å². The number of nitrogens with zero attached hydrogens (tertiary/aromatic N) is 2. The van der Waals surface area contributed by atoms with Crippen LogP contribution >= 0.6 is 0 Å². The molecule has 3 heteroatoms. The molecule has 2 aromatic rings. The minimum atomic E-state index is -0.159. The van der Waals surface area contributed by atoms with Gasteiger partial charge in [-0.2, -0.15) is 0 Å². The lowest BCUT2D eigenvalue weighted by Gasteiger charge is -2.37. The van der Waals surface area contributed by atoms with Gasteiger partial charge in [-0.25, -0.2) is 4.99 Å². The maximum atomic E-state index is 11.2. The predicted molar refractivity (Wildman–Crippen MR) is 123 cm³/mol. The highest BCUT2D eigenvalue weighted by Gasteiger charge is 2.32. The molecule has 0 radical (unpaired) electrons. The van der Waals surface area contributed by atoms with Crippen LogP contribution in [0.3, 0.4) is 0 Å². The summed E-state index contributed by atoms with van der Waals surface area (Å²) in [5.74, 6) is 0.422. The number of hydrogen-bond acceptors (Lipinski definition) is 3. The maximum absolute atomic E-state index is 11.2. The number of fused-ring (bicyclic) bond motifs is 2. The van der Waals surface area contributed by atoms with Crippen molar-refractivity contribution in [2.24, 2.45) is 4.99 Å². The van der Waals surface area contributed by atoms with Crippen molar-refractivity contribution >= 4 is 22.8 Å². The van der Waals surface area contributed by atoms with E-state index in [1.54, 1.807) is 0 Å². The molecule has 29 heavy (non-hydrogen) atoms. The second kappa shape index (κ2) is 6.76. The monoisotopic (exact) mass is 388 g/mol. The van der Waals surface area contributed by atoms with Gasteiger partial charge in [0, 0.05) is 16.8 Å². The third kappa shape index (κ3) is 3.48. The Bertz CT molecular complexity index is 981. The fraction of sp³-hybridized carbons (Fsp3) is 0.423. The zero-order valence-corrected chi connectivity index (χ0v) is 18.5. The summed E-state index contributed by atoms with van der Waals surface area (Å²) in [4.78, 5) is 7.31. The molecular formula is C26H32N2O. The fourth-order valence-electron chi connectivity index (χ4n) is 4.28. The Balaban J connectivity index is 2.00. The van der Waals surface area contributed by atoms with Crippen molar-refractivity contribution in [1.29, 1.82) is 0 Å². The van der Waals surface area contributed by atoms with E-state index >= 15 is 0 Å². The Morgan fingerprint density at radius 2 is 1.55 bits per heavy atom. The minimum Gasteiger partial charge on any atom is -0.507 e. The SMILES string of the molecule is CC(C)(C)c1cc(N2C3=CCCCC3=Nc3ccccc32)cc(C(C)(C)C)c1O. The highest BCUT2D eigenvalue weighted by atomic mass is 16.3. The molecule has 2 aromatic carbocycles. The Kier molecular flexibility index (Phi) is 4.60. The number of benzene rings is 2. The Morgan fingerprint density at radius 1 is 0.931 bits per heavy atom. The molecule has 0 atom stereocenters. The first-order chi connectivity index (χ1) is 13.6. The third-order valence-electron chi connectivity index (χ3n) is 5.84. The molecule has 152 valence electrons. The van der Waals surface area contributed by atoms with Crippen LogP contribution in [0, 0.1) is 0 Å². The highest BCUT2D eigenvalue weighted by Crippen LogP contribution is 2.47. The van der Waals surface area contributed by atoms with Crippen LogP contribution in [0.15, 0.2) is 53.2 Å². The van der Waals surface area contributed by atoms with E-state index in [0.29, 0.717) is 5.75 Å². The zero-order valence-electron chi connectivity index (χ0n) is 18.5. The number of para-hydroxylation sites is 2. The van der Waals surface area contributed by atoms with E-state index in [4.69, 9.17) is 4.99 Å². The van der Waals surface area contributed by atoms with Gasteiger partial charge >= 0.3 is 0 Å². The van der Waals surface area contributed by atoms with Crippen molar-refractivity contribution in [3.63, 3.8) is 0 Å². The molecular weight excluding hydrogens is 356 g/mol. The molecule has 1 aliphatic heterocycles. The molecule has 2 aliphatic rings. The predicted octanol–water partition coefficient (Wildman–Crippen LogP) is 7.28. The molecule has 0 saturated heterocycles. The summed E-state index contributed by atoms with van der Waals surface area (Å²) in [6.45, 7) is 13.0. The second-order valence-corrected chi connectivity index (χ2v) is 10.3. The first kappa shape index (κ1) is 19.8. The van der Waals surface area contributed by atoms with Gasteiger partial charge in [-0.1, -0.05) is 59.8 Å². The maximum Gasteiger partial charge on any atom is 0.123 e. The zero-order chi connectivity index (χ0) is 21.0. The normalized spacial score (nSPS) is 16.7. The average molecular weight is 389 g/mol. The van der Waals surface area contributed by atoms with Gasteiger partial charge in [0.25, 0.3) is 0 Å². The molecule has 0 spiro atoms. The summed E-state index contributed by atoms with van der Waals surface area (Å²) in [5.41, 5.74) is 7.24. The summed E-state index contributed by atoms with van der Waals surface area (Å²) >= 11 is 0. The molecule has 1 N–H and O–H groups in total. The lowest BCUT2D eigenvalue weighted by atomic mass is 9.79. The Hall–Kier alpha value is -2.55. The van der Waals surface area contributed by atoms with Gasteiger partial charge in [-0.3, -0.25) is 0 Å². The fourth-order valence-corrected chi connectivity index (χ4v) is 4.28. The molecule has 0 amide bonds. The molecule has 0 aromatic heterocycles. The van der Waals surface area contributed by atoms with E-state index in [0.717, 1.165) is 53.2 Å². The number of aliphatic imine (C=N–C) groups is 1. The van der Waals surface area contributed by atoms with Gasteiger partial charge in [0.05, 0.1) is 22.8 Å². The van der Waals surface area contributed by atoms with E-state index in [-0.39, 0.29) is 10.8 Å². The van der Waals surface area contributed by atoms with Crippen LogP contribution in [0.4, 0.5) is 17.1 Å². The summed E-state index contributed by atoms with van der Waals surface area (Å²) in [5, 5.41) is 11.2. The lowest BCUT2D eigenvalue weighted by molar-refractivity contribution is 0.423. The van der Waals surface area contributed by atoms with Gasteiger partial charge < -0.3 is 10.0 Å². The van der Waals surface area contributed by atoms with Crippen LogP contribution in [-0.4, -0.2) is 10.8 Å². The van der Waals surface area contributed by atoms with Gasteiger partial charge in [0.1, 0.15) is 5.75 Å². The van der Waals surface area contributed by atoms with Crippen molar-refractivity contribution in [3.05, 3.63) is 59.3 Å². The molecule has 0 fully saturated rings. The van der Waals surface area contributed by atoms with E-state index in [1.807, 2.05) is 0 Å². The first-order valence-corrected chi connectivity index (χ1v) is 10.6. The van der Waals surface area contributed by atoms with Crippen LogP contribution < -0.4 is 4.90 Å². The van der Waals surface area contributed by atoms with Crippen LogP contribution in [0.1, 0.15) is 71.9 Å². The molecule has 0 bridgehead atoms. The van der Waals surface area contributed by atoms with Crippen LogP contribution in [0.5, 0.6) is 5.75 Å². The van der Waals surface area contributed by atoms with Crippen LogP contribution in [0.2, 0.25) is 0 Å². The first-order valence-electron chi connectivity index (χ1n) is 10.6. The number of phenols is 1. The number of phenolic OH excluding ortho intramolecular Hbond substituents is 1. The Labute approximate surface area is 174 Å². The van der Waals surface area contributed by atoms with Crippen LogP contribution in [-0.2, 0) is 10.8 Å². The number of hydrogen-bond donors (Lipinski definition) is 1. The minimum absolute atomic E-state index is 0.159. The Morgan fingerprint density at radius 3 is 2.17 bits per heavy atom. The van der Waals surface area contributed by atoms with Gasteiger partial charge in [0.2, 0.25) is 0 Å². The van der Waals surface area contributed by atoms with Gasteiger partial charge in [-0.15, -0.1) is 0 Å². The lowest BCUT2D eigenvalue weighted by Crippen LogP contribution is -2.28. The quantitative estimate of drug-likeness (QED) is 0.557. The van der Waals surface area contributed by atoms with E-state index in [2.05, 4.69) is 88.9 Å². The van der Waals surface area contributed by atoms with Crippen molar-refractivity contribution in [2.75, 3.05) is 4.90 Å². The van der Waals surface area contributed by atoms with Crippen molar-refractivity contribution in [3.8, 4) is 5.75 Å². The van der Waals surface area contributed by atoms with Crippen molar-refractivity contribution in [2.45, 2.75) is 71.6 Å². The largest absolute Gasteiger partial charge is 0.507 e. The standard InChI is InChI=1S/C26H32N2O/c1-25(2,3)18-15-17(16-19(24(18)29)26(4,5)6)28-22-13-9-7-11-20(22)27-21-12-8-10-14-23(21)28/h7,9,11,13-16,29H,8,10,12H2,1-6H3. The second-order valence-electron chi connectivity index (χ2n) is 10.3. The third-order valence-corrected chi connectivity index (χ3v) is 5.84. The van der Waals surface area contributed by atoms with E-state index in [1.165, 1.54) is 5.70 Å². The number of anilines is 2. The molecule has 4 rings (SSSR count). The van der Waals surface area contributed by atoms with Gasteiger partial charge in [0.15, 0.2) is 0 Å². The van der Waals surface area contributed by atoms with Crippen molar-refractivity contribution in [1.82, 2.24) is 0 Å². The summed E-state index contributed by atoms with van der Waals surface area (Å²) < 4.78 is 0. The van der Waals surface area contributed by atoms with Crippen LogP contribution in [0.25, 0.3) is 0 Å². The highest BCUT2D eigenvalue weighted by molar-refractivity contribution is 6.10. The summed E-state index contributed by atoms with van der Waals surface area (Å²) in [7, 11) is 0. The molecule has 3 nitrogen and oxygen atoms in total. The van der Waals surface area contributed by atoms with Gasteiger partial charge in [-0.05, 0) is 54.4 Å².